The Kier molecular flexibility index (Phi) is 3.38. The predicted molar refractivity (Wildman–Crippen MR) is 69.9 cm³/mol. The third-order valence-corrected chi connectivity index (χ3v) is 3.91. The van der Waals surface area contributed by atoms with Crippen molar-refractivity contribution in [1.29, 1.82) is 0 Å². The fourth-order valence-electron chi connectivity index (χ4n) is 1.65. The molecule has 5 nitrogen and oxygen atoms in total. The number of rotatable bonds is 4. The standard InChI is InChI=1S/C12H15N3O2S/c1-3-15-12(7-8-13-15)14-18(16,17)11-6-4-5-10(2)9-11/h4-9,14H,3H2,1-2H3. The Labute approximate surface area is 107 Å². The Bertz CT molecular complexity index is 647. The van der Waals surface area contributed by atoms with Crippen LogP contribution >= 0.6 is 0 Å². The molecule has 1 heterocycles. The van der Waals surface area contributed by atoms with E-state index in [0.29, 0.717) is 12.4 Å². The zero-order valence-electron chi connectivity index (χ0n) is 10.3. The van der Waals surface area contributed by atoms with Crippen LogP contribution < -0.4 is 4.72 Å². The van der Waals surface area contributed by atoms with E-state index in [1.807, 2.05) is 19.9 Å². The Hall–Kier alpha value is -1.82. The molecule has 0 radical (unpaired) electrons. The molecule has 0 spiro atoms. The SMILES string of the molecule is CCn1nccc1NS(=O)(=O)c1cccc(C)c1. The van der Waals surface area contributed by atoms with Crippen LogP contribution in [-0.2, 0) is 16.6 Å². The molecule has 0 fully saturated rings. The number of nitrogens with zero attached hydrogens (tertiary/aromatic N) is 2. The van der Waals surface area contributed by atoms with Gasteiger partial charge in [-0.15, -0.1) is 0 Å². The van der Waals surface area contributed by atoms with Crippen molar-refractivity contribution in [2.75, 3.05) is 4.72 Å². The second-order valence-corrected chi connectivity index (χ2v) is 5.64. The van der Waals surface area contributed by atoms with Crippen molar-refractivity contribution >= 4 is 15.8 Å². The highest BCUT2D eigenvalue weighted by Crippen LogP contribution is 2.16. The first kappa shape index (κ1) is 12.6. The van der Waals surface area contributed by atoms with Crippen LogP contribution in [-0.4, -0.2) is 18.2 Å². The van der Waals surface area contributed by atoms with Crippen LogP contribution in [0.4, 0.5) is 5.82 Å². The fourth-order valence-corrected chi connectivity index (χ4v) is 2.82. The number of anilines is 1. The maximum Gasteiger partial charge on any atom is 0.263 e. The Balaban J connectivity index is 2.33. The molecule has 0 unspecified atom stereocenters. The average Bonchev–Trinajstić information content (AvgIpc) is 2.75. The van der Waals surface area contributed by atoms with Crippen molar-refractivity contribution in [3.8, 4) is 0 Å². The van der Waals surface area contributed by atoms with Gasteiger partial charge in [-0.2, -0.15) is 5.10 Å². The number of sulfonamides is 1. The molecule has 96 valence electrons. The molecule has 1 N–H and O–H groups in total. The summed E-state index contributed by atoms with van der Waals surface area (Å²) in [6.45, 7) is 4.37. The van der Waals surface area contributed by atoms with E-state index in [0.717, 1.165) is 5.56 Å². The van der Waals surface area contributed by atoms with Crippen LogP contribution in [0.5, 0.6) is 0 Å². The highest BCUT2D eigenvalue weighted by Gasteiger charge is 2.15. The van der Waals surface area contributed by atoms with E-state index in [1.54, 1.807) is 35.1 Å². The molecule has 18 heavy (non-hydrogen) atoms. The monoisotopic (exact) mass is 265 g/mol. The van der Waals surface area contributed by atoms with E-state index >= 15 is 0 Å². The van der Waals surface area contributed by atoms with Gasteiger partial charge in [0, 0.05) is 12.6 Å². The number of nitrogens with one attached hydrogen (secondary N) is 1. The van der Waals surface area contributed by atoms with Crippen LogP contribution in [0.3, 0.4) is 0 Å². The van der Waals surface area contributed by atoms with Gasteiger partial charge in [0.1, 0.15) is 5.82 Å². The van der Waals surface area contributed by atoms with Gasteiger partial charge in [0.05, 0.1) is 11.1 Å². The van der Waals surface area contributed by atoms with E-state index < -0.39 is 10.0 Å². The van der Waals surface area contributed by atoms with Gasteiger partial charge in [0.2, 0.25) is 0 Å². The third kappa shape index (κ3) is 2.53. The highest BCUT2D eigenvalue weighted by atomic mass is 32.2. The lowest BCUT2D eigenvalue weighted by Crippen LogP contribution is -2.16. The Morgan fingerprint density at radius 2 is 2.11 bits per heavy atom. The quantitative estimate of drug-likeness (QED) is 0.919. The lowest BCUT2D eigenvalue weighted by molar-refractivity contribution is 0.599. The lowest BCUT2D eigenvalue weighted by atomic mass is 10.2. The molecule has 1 aromatic heterocycles. The van der Waals surface area contributed by atoms with Gasteiger partial charge in [-0.3, -0.25) is 4.72 Å². The van der Waals surface area contributed by atoms with Crippen LogP contribution in [0, 0.1) is 6.92 Å². The molecule has 6 heteroatoms. The van der Waals surface area contributed by atoms with Gasteiger partial charge in [-0.05, 0) is 31.5 Å². The molecule has 2 rings (SSSR count). The van der Waals surface area contributed by atoms with Crippen LogP contribution in [0.1, 0.15) is 12.5 Å². The minimum atomic E-state index is -3.55. The highest BCUT2D eigenvalue weighted by molar-refractivity contribution is 7.92. The van der Waals surface area contributed by atoms with Crippen LogP contribution in [0.25, 0.3) is 0 Å². The normalized spacial score (nSPS) is 11.4. The molecule has 0 aliphatic carbocycles. The average molecular weight is 265 g/mol. The van der Waals surface area contributed by atoms with Crippen molar-refractivity contribution in [2.24, 2.45) is 0 Å². The van der Waals surface area contributed by atoms with Crippen molar-refractivity contribution in [2.45, 2.75) is 25.3 Å². The summed E-state index contributed by atoms with van der Waals surface area (Å²) in [7, 11) is -3.55. The molecule has 2 aromatic rings. The summed E-state index contributed by atoms with van der Waals surface area (Å²) in [6.07, 6.45) is 1.57. The van der Waals surface area contributed by atoms with Crippen molar-refractivity contribution in [3.63, 3.8) is 0 Å². The van der Waals surface area contributed by atoms with Gasteiger partial charge < -0.3 is 0 Å². The molecular formula is C12H15N3O2S. The van der Waals surface area contributed by atoms with Crippen molar-refractivity contribution in [1.82, 2.24) is 9.78 Å². The molecule has 1 aromatic carbocycles. The van der Waals surface area contributed by atoms with E-state index in [-0.39, 0.29) is 4.90 Å². The van der Waals surface area contributed by atoms with Crippen LogP contribution in [0.2, 0.25) is 0 Å². The predicted octanol–water partition coefficient (Wildman–Crippen LogP) is 2.01. The summed E-state index contributed by atoms with van der Waals surface area (Å²) >= 11 is 0. The summed E-state index contributed by atoms with van der Waals surface area (Å²) in [5, 5.41) is 4.02. The largest absolute Gasteiger partial charge is 0.264 e. The number of aromatic nitrogens is 2. The molecular weight excluding hydrogens is 250 g/mol. The van der Waals surface area contributed by atoms with E-state index in [4.69, 9.17) is 0 Å². The number of benzene rings is 1. The molecule has 0 bridgehead atoms. The first-order chi connectivity index (χ1) is 8.53. The number of hydrogen-bond donors (Lipinski definition) is 1. The van der Waals surface area contributed by atoms with Gasteiger partial charge in [0.15, 0.2) is 0 Å². The van der Waals surface area contributed by atoms with Gasteiger partial charge >= 0.3 is 0 Å². The number of aryl methyl sites for hydroxylation is 2. The summed E-state index contributed by atoms with van der Waals surface area (Å²) < 4.78 is 28.5. The zero-order valence-corrected chi connectivity index (χ0v) is 11.1. The second kappa shape index (κ2) is 4.81. The topological polar surface area (TPSA) is 64.0 Å². The molecule has 0 aliphatic rings. The Morgan fingerprint density at radius 3 is 2.78 bits per heavy atom. The molecule has 0 saturated carbocycles. The summed E-state index contributed by atoms with van der Waals surface area (Å²) in [5.74, 6) is 0.471. The second-order valence-electron chi connectivity index (χ2n) is 3.95. The van der Waals surface area contributed by atoms with E-state index in [2.05, 4.69) is 9.82 Å². The van der Waals surface area contributed by atoms with Gasteiger partial charge in [-0.1, -0.05) is 12.1 Å². The molecule has 0 saturated heterocycles. The lowest BCUT2D eigenvalue weighted by Gasteiger charge is -2.09. The van der Waals surface area contributed by atoms with E-state index in [1.165, 1.54) is 0 Å². The maximum atomic E-state index is 12.2. The summed E-state index contributed by atoms with van der Waals surface area (Å²) in [5.41, 5.74) is 0.905. The molecule has 0 amide bonds. The number of hydrogen-bond acceptors (Lipinski definition) is 3. The smallest absolute Gasteiger partial charge is 0.263 e. The van der Waals surface area contributed by atoms with Gasteiger partial charge in [-0.25, -0.2) is 13.1 Å². The minimum absolute atomic E-state index is 0.256. The first-order valence-electron chi connectivity index (χ1n) is 5.64. The van der Waals surface area contributed by atoms with Crippen molar-refractivity contribution in [3.05, 3.63) is 42.1 Å². The summed E-state index contributed by atoms with van der Waals surface area (Å²) in [6, 6.07) is 8.42. The minimum Gasteiger partial charge on any atom is -0.264 e. The van der Waals surface area contributed by atoms with E-state index in [9.17, 15) is 8.42 Å². The Morgan fingerprint density at radius 1 is 1.33 bits per heavy atom. The zero-order chi connectivity index (χ0) is 13.2. The molecule has 0 atom stereocenters. The fraction of sp³-hybridized carbons (Fsp3) is 0.250. The third-order valence-electron chi connectivity index (χ3n) is 2.55. The van der Waals surface area contributed by atoms with Crippen molar-refractivity contribution < 1.29 is 8.42 Å². The first-order valence-corrected chi connectivity index (χ1v) is 7.12. The maximum absolute atomic E-state index is 12.2. The summed E-state index contributed by atoms with van der Waals surface area (Å²) in [4.78, 5) is 0.256. The van der Waals surface area contributed by atoms with Gasteiger partial charge in [0.25, 0.3) is 10.0 Å². The molecule has 0 aliphatic heterocycles. The van der Waals surface area contributed by atoms with Crippen LogP contribution in [0.15, 0.2) is 41.4 Å².